The van der Waals surface area contributed by atoms with Gasteiger partial charge in [-0.25, -0.2) is 0 Å². The number of unbranched alkanes of at least 4 members (excludes halogenated alkanes) is 12. The minimum atomic E-state index is 0.737. The number of ether oxygens (including phenoxy) is 2. The monoisotopic (exact) mass is 386 g/mol. The second-order valence-electron chi connectivity index (χ2n) is 7.72. The predicted octanol–water partition coefficient (Wildman–Crippen LogP) is 8.19. The Kier molecular flexibility index (Phi) is 15.5. The van der Waals surface area contributed by atoms with Crippen molar-refractivity contribution in [2.75, 3.05) is 13.2 Å². The Labute approximate surface area is 174 Å². The zero-order chi connectivity index (χ0) is 20.3. The van der Waals surface area contributed by atoms with E-state index in [9.17, 15) is 0 Å². The van der Waals surface area contributed by atoms with E-state index in [0.717, 1.165) is 43.1 Å². The van der Waals surface area contributed by atoms with Crippen LogP contribution in [0.3, 0.4) is 0 Å². The summed E-state index contributed by atoms with van der Waals surface area (Å²) < 4.78 is 11.7. The topological polar surface area (TPSA) is 18.5 Å². The summed E-state index contributed by atoms with van der Waals surface area (Å²) in [6, 6.07) is 6.98. The van der Waals surface area contributed by atoms with Gasteiger partial charge in [-0.3, -0.25) is 0 Å². The van der Waals surface area contributed by atoms with Gasteiger partial charge in [-0.2, -0.15) is 0 Å². The number of hydrogen-bond acceptors (Lipinski definition) is 2. The molecular formula is C26H42O2. The SMILES string of the molecule is [CH]=Cc1cc(OCCCCCCCCC)[c]cc1OCCCCCCCCC. The van der Waals surface area contributed by atoms with E-state index in [2.05, 4.69) is 19.9 Å². The molecule has 0 atom stereocenters. The van der Waals surface area contributed by atoms with Gasteiger partial charge in [0, 0.05) is 11.6 Å². The number of hydrogen-bond donors (Lipinski definition) is 0. The largest absolute Gasteiger partial charge is 0.493 e. The molecule has 0 fully saturated rings. The molecule has 1 aromatic carbocycles. The Balaban J connectivity index is 2.19. The fourth-order valence-electron chi connectivity index (χ4n) is 3.30. The predicted molar refractivity (Wildman–Crippen MR) is 121 cm³/mol. The minimum absolute atomic E-state index is 0.737. The van der Waals surface area contributed by atoms with Crippen molar-refractivity contribution < 1.29 is 9.47 Å². The lowest BCUT2D eigenvalue weighted by molar-refractivity contribution is 0.295. The first-order chi connectivity index (χ1) is 13.8. The van der Waals surface area contributed by atoms with E-state index < -0.39 is 0 Å². The van der Waals surface area contributed by atoms with Gasteiger partial charge in [0.05, 0.1) is 13.2 Å². The lowest BCUT2D eigenvalue weighted by atomic mass is 10.1. The molecule has 0 bridgehead atoms. The van der Waals surface area contributed by atoms with E-state index in [0.29, 0.717) is 0 Å². The van der Waals surface area contributed by atoms with E-state index in [4.69, 9.17) is 16.1 Å². The van der Waals surface area contributed by atoms with Gasteiger partial charge < -0.3 is 9.47 Å². The Bertz CT molecular complexity index is 495. The van der Waals surface area contributed by atoms with Gasteiger partial charge in [0.1, 0.15) is 11.5 Å². The normalized spacial score (nSPS) is 10.8. The van der Waals surface area contributed by atoms with Crippen molar-refractivity contribution in [1.82, 2.24) is 0 Å². The minimum Gasteiger partial charge on any atom is -0.493 e. The molecule has 28 heavy (non-hydrogen) atoms. The quantitative estimate of drug-likeness (QED) is 0.223. The maximum atomic E-state index is 5.90. The Hall–Kier alpha value is -1.44. The third-order valence-corrected chi connectivity index (χ3v) is 5.11. The molecule has 2 nitrogen and oxygen atoms in total. The smallest absolute Gasteiger partial charge is 0.128 e. The van der Waals surface area contributed by atoms with E-state index in [1.54, 1.807) is 6.08 Å². The van der Waals surface area contributed by atoms with Crippen LogP contribution < -0.4 is 9.47 Å². The lowest BCUT2D eigenvalue weighted by Gasteiger charge is -2.12. The zero-order valence-corrected chi connectivity index (χ0v) is 18.4. The molecule has 0 aliphatic carbocycles. The Morgan fingerprint density at radius 2 is 1.25 bits per heavy atom. The highest BCUT2D eigenvalue weighted by molar-refractivity contribution is 5.57. The summed E-state index contributed by atoms with van der Waals surface area (Å²) in [6.07, 6.45) is 19.6. The summed E-state index contributed by atoms with van der Waals surface area (Å²) in [6.45, 7) is 11.8. The first-order valence-electron chi connectivity index (χ1n) is 11.7. The molecule has 0 heterocycles. The average molecular weight is 387 g/mol. The van der Waals surface area contributed by atoms with E-state index in [-0.39, 0.29) is 0 Å². The second-order valence-corrected chi connectivity index (χ2v) is 7.72. The summed E-state index contributed by atoms with van der Waals surface area (Å²) >= 11 is 0. The van der Waals surface area contributed by atoms with Gasteiger partial charge >= 0.3 is 0 Å². The van der Waals surface area contributed by atoms with Gasteiger partial charge in [-0.1, -0.05) is 104 Å². The molecule has 0 N–H and O–H groups in total. The van der Waals surface area contributed by atoms with Crippen LogP contribution >= 0.6 is 0 Å². The Morgan fingerprint density at radius 3 is 1.79 bits per heavy atom. The van der Waals surface area contributed by atoms with Crippen LogP contribution in [0.15, 0.2) is 12.1 Å². The molecule has 0 unspecified atom stereocenters. The zero-order valence-electron chi connectivity index (χ0n) is 18.4. The van der Waals surface area contributed by atoms with Crippen molar-refractivity contribution in [3.63, 3.8) is 0 Å². The van der Waals surface area contributed by atoms with Crippen LogP contribution in [0.1, 0.15) is 109 Å². The molecular weight excluding hydrogens is 344 g/mol. The van der Waals surface area contributed by atoms with E-state index in [1.165, 1.54) is 77.0 Å². The standard InChI is InChI=1S/C26H42O2/c1-4-7-9-11-13-15-17-21-27-25-19-20-26(24(6-3)23-25)28-22-18-16-14-12-10-8-5-2/h3,6,20,23H,4-5,7-18,21-22H2,1-2H3. The summed E-state index contributed by atoms with van der Waals surface area (Å²) in [7, 11) is 0. The number of benzene rings is 1. The lowest BCUT2D eigenvalue weighted by Crippen LogP contribution is -2.01. The van der Waals surface area contributed by atoms with Crippen LogP contribution in [-0.4, -0.2) is 13.2 Å². The molecule has 1 rings (SSSR count). The van der Waals surface area contributed by atoms with Gasteiger partial charge in [-0.05, 0) is 25.0 Å². The summed E-state index contributed by atoms with van der Waals surface area (Å²) in [5, 5.41) is 0. The van der Waals surface area contributed by atoms with Crippen LogP contribution in [0.5, 0.6) is 11.5 Å². The third kappa shape index (κ3) is 12.1. The number of rotatable bonds is 19. The first kappa shape index (κ1) is 24.6. The highest BCUT2D eigenvalue weighted by Gasteiger charge is 2.04. The van der Waals surface area contributed by atoms with Crippen molar-refractivity contribution in [2.24, 2.45) is 0 Å². The molecule has 0 saturated heterocycles. The van der Waals surface area contributed by atoms with Crippen LogP contribution in [-0.2, 0) is 0 Å². The molecule has 0 saturated carbocycles. The second kappa shape index (κ2) is 17.6. The summed E-state index contributed by atoms with van der Waals surface area (Å²) in [5.74, 6) is 1.56. The van der Waals surface area contributed by atoms with Crippen LogP contribution in [0.25, 0.3) is 6.08 Å². The molecule has 0 aliphatic rings. The van der Waals surface area contributed by atoms with Gasteiger partial charge in [0.15, 0.2) is 0 Å². The van der Waals surface area contributed by atoms with Gasteiger partial charge in [0.25, 0.3) is 0 Å². The highest BCUT2D eigenvalue weighted by atomic mass is 16.5. The fourth-order valence-corrected chi connectivity index (χ4v) is 3.30. The maximum absolute atomic E-state index is 5.90. The van der Waals surface area contributed by atoms with E-state index in [1.807, 2.05) is 12.1 Å². The molecule has 0 spiro atoms. The summed E-state index contributed by atoms with van der Waals surface area (Å²) in [4.78, 5) is 0. The Morgan fingerprint density at radius 1 is 0.750 bits per heavy atom. The molecule has 2 heteroatoms. The first-order valence-corrected chi connectivity index (χ1v) is 11.7. The van der Waals surface area contributed by atoms with Crippen molar-refractivity contribution >= 4 is 6.08 Å². The highest BCUT2D eigenvalue weighted by Crippen LogP contribution is 2.25. The van der Waals surface area contributed by atoms with Crippen LogP contribution in [0.2, 0.25) is 0 Å². The van der Waals surface area contributed by atoms with Crippen LogP contribution in [0.4, 0.5) is 0 Å². The molecule has 0 amide bonds. The average Bonchev–Trinajstić information content (AvgIpc) is 2.72. The summed E-state index contributed by atoms with van der Waals surface area (Å²) in [5.41, 5.74) is 0.885. The molecule has 0 aliphatic heterocycles. The van der Waals surface area contributed by atoms with Crippen molar-refractivity contribution in [3.8, 4) is 11.5 Å². The van der Waals surface area contributed by atoms with Crippen molar-refractivity contribution in [1.29, 1.82) is 0 Å². The van der Waals surface area contributed by atoms with Crippen molar-refractivity contribution in [3.05, 3.63) is 30.3 Å². The molecule has 158 valence electrons. The van der Waals surface area contributed by atoms with Crippen LogP contribution in [0, 0.1) is 12.6 Å². The fraction of sp³-hybridized carbons (Fsp3) is 0.692. The molecule has 2 radical (unpaired) electrons. The van der Waals surface area contributed by atoms with Gasteiger partial charge in [-0.15, -0.1) is 0 Å². The van der Waals surface area contributed by atoms with Crippen molar-refractivity contribution in [2.45, 2.75) is 104 Å². The maximum Gasteiger partial charge on any atom is 0.128 e. The van der Waals surface area contributed by atoms with Gasteiger partial charge in [0.2, 0.25) is 0 Å². The van der Waals surface area contributed by atoms with E-state index >= 15 is 0 Å². The molecule has 1 aromatic rings. The third-order valence-electron chi connectivity index (χ3n) is 5.11. The molecule has 0 aromatic heterocycles.